The van der Waals surface area contributed by atoms with Gasteiger partial charge < -0.3 is 14.9 Å². The van der Waals surface area contributed by atoms with E-state index in [1.54, 1.807) is 6.07 Å². The lowest BCUT2D eigenvalue weighted by Crippen LogP contribution is -1.99. The van der Waals surface area contributed by atoms with Crippen LogP contribution in [-0.4, -0.2) is 21.0 Å². The molecule has 0 radical (unpaired) electrons. The third-order valence-corrected chi connectivity index (χ3v) is 4.03. The molecule has 0 saturated carbocycles. The summed E-state index contributed by atoms with van der Waals surface area (Å²) < 4.78 is 5.46. The highest BCUT2D eigenvalue weighted by atomic mass is 35.5. The average Bonchev–Trinajstić information content (AvgIpc) is 2.84. The molecule has 4 rings (SSSR count). The molecule has 0 saturated heterocycles. The molecule has 2 heterocycles. The maximum absolute atomic E-state index is 12.4. The topological polar surface area (TPSA) is 79.7 Å². The molecule has 2 N–H and O–H groups in total. The molecule has 0 unspecified atom stereocenters. The van der Waals surface area contributed by atoms with Crippen molar-refractivity contribution in [1.29, 1.82) is 0 Å². The van der Waals surface area contributed by atoms with Crippen LogP contribution < -0.4 is 4.74 Å². The molecule has 24 heavy (non-hydrogen) atoms. The van der Waals surface area contributed by atoms with Gasteiger partial charge in [-0.3, -0.25) is 4.79 Å². The Bertz CT molecular complexity index is 1040. The number of carbonyl (C=O) groups is 1. The Balaban J connectivity index is 1.82. The van der Waals surface area contributed by atoms with Gasteiger partial charge >= 0.3 is 0 Å². The van der Waals surface area contributed by atoms with Crippen LogP contribution in [-0.2, 0) is 0 Å². The Morgan fingerprint density at radius 3 is 2.75 bits per heavy atom. The molecule has 0 aliphatic carbocycles. The van der Waals surface area contributed by atoms with Crippen LogP contribution in [0.3, 0.4) is 0 Å². The number of halogens is 1. The first kappa shape index (κ1) is 14.5. The van der Waals surface area contributed by atoms with Crippen molar-refractivity contribution < 1.29 is 19.7 Å². The number of nitrogens with zero attached hydrogens (tertiary/aromatic N) is 1. The van der Waals surface area contributed by atoms with Crippen LogP contribution in [0.2, 0.25) is 5.15 Å². The SMILES string of the molecule is O=C1/C(=C/c2cc3ccccc3nc2Cl)Oc2cc(O)cc(O)c21. The molecule has 1 aliphatic rings. The highest BCUT2D eigenvalue weighted by Gasteiger charge is 2.31. The first-order chi connectivity index (χ1) is 11.5. The summed E-state index contributed by atoms with van der Waals surface area (Å²) in [5, 5.41) is 20.4. The molecule has 3 aromatic rings. The van der Waals surface area contributed by atoms with Gasteiger partial charge in [-0.1, -0.05) is 29.8 Å². The van der Waals surface area contributed by atoms with Gasteiger partial charge in [0.25, 0.3) is 0 Å². The quantitative estimate of drug-likeness (QED) is 0.519. The molecule has 0 bridgehead atoms. The van der Waals surface area contributed by atoms with E-state index in [4.69, 9.17) is 16.3 Å². The summed E-state index contributed by atoms with van der Waals surface area (Å²) >= 11 is 6.19. The third-order valence-electron chi connectivity index (χ3n) is 3.73. The van der Waals surface area contributed by atoms with Crippen LogP contribution in [0.4, 0.5) is 0 Å². The third kappa shape index (κ3) is 2.26. The first-order valence-electron chi connectivity index (χ1n) is 7.08. The number of rotatable bonds is 1. The Hall–Kier alpha value is -3.05. The Morgan fingerprint density at radius 2 is 1.92 bits per heavy atom. The highest BCUT2D eigenvalue weighted by molar-refractivity contribution is 6.31. The molecule has 5 nitrogen and oxygen atoms in total. The largest absolute Gasteiger partial charge is 0.508 e. The summed E-state index contributed by atoms with van der Waals surface area (Å²) in [5.74, 6) is -0.892. The molecule has 2 aromatic carbocycles. The van der Waals surface area contributed by atoms with Crippen LogP contribution in [0.15, 0.2) is 48.2 Å². The van der Waals surface area contributed by atoms with Crippen LogP contribution in [0, 0.1) is 0 Å². The van der Waals surface area contributed by atoms with Crippen LogP contribution in [0.25, 0.3) is 17.0 Å². The number of phenols is 2. The fourth-order valence-electron chi connectivity index (χ4n) is 2.63. The monoisotopic (exact) mass is 339 g/mol. The zero-order valence-corrected chi connectivity index (χ0v) is 12.9. The number of para-hydroxylation sites is 1. The average molecular weight is 340 g/mol. The van der Waals surface area contributed by atoms with Crippen molar-refractivity contribution in [3.63, 3.8) is 0 Å². The fourth-order valence-corrected chi connectivity index (χ4v) is 2.83. The summed E-state index contributed by atoms with van der Waals surface area (Å²) in [6.45, 7) is 0. The van der Waals surface area contributed by atoms with Gasteiger partial charge in [0.2, 0.25) is 5.78 Å². The van der Waals surface area contributed by atoms with Gasteiger partial charge in [-0.15, -0.1) is 0 Å². The molecule has 0 spiro atoms. The standard InChI is InChI=1S/C18H10ClNO4/c19-18-10(5-9-3-1-2-4-12(9)20-18)6-15-17(23)16-13(22)7-11(21)8-14(16)24-15/h1-8,21-22H/b15-6-. The molecular formula is C18H10ClNO4. The van der Waals surface area contributed by atoms with Crippen molar-refractivity contribution in [3.05, 3.63) is 64.5 Å². The van der Waals surface area contributed by atoms with Crippen LogP contribution in [0.1, 0.15) is 15.9 Å². The Labute approximate surface area is 141 Å². The second-order valence-electron chi connectivity index (χ2n) is 5.34. The number of phenolic OH excluding ortho intramolecular Hbond substituents is 2. The van der Waals surface area contributed by atoms with Gasteiger partial charge in [0.05, 0.1) is 5.52 Å². The van der Waals surface area contributed by atoms with Gasteiger partial charge in [0, 0.05) is 23.1 Å². The molecule has 118 valence electrons. The zero-order chi connectivity index (χ0) is 16.8. The molecule has 6 heteroatoms. The highest BCUT2D eigenvalue weighted by Crippen LogP contribution is 2.40. The van der Waals surface area contributed by atoms with E-state index < -0.39 is 5.78 Å². The lowest BCUT2D eigenvalue weighted by molar-refractivity contribution is 0.101. The van der Waals surface area contributed by atoms with Crippen molar-refractivity contribution in [2.45, 2.75) is 0 Å². The number of ether oxygens (including phenoxy) is 1. The molecule has 1 aliphatic heterocycles. The van der Waals surface area contributed by atoms with E-state index in [0.717, 1.165) is 17.0 Å². The van der Waals surface area contributed by atoms with Gasteiger partial charge in [0.15, 0.2) is 5.76 Å². The predicted octanol–water partition coefficient (Wildman–Crippen LogP) is 3.92. The Kier molecular flexibility index (Phi) is 3.18. The van der Waals surface area contributed by atoms with Gasteiger partial charge in [-0.05, 0) is 18.2 Å². The maximum atomic E-state index is 12.4. The number of aromatic nitrogens is 1. The lowest BCUT2D eigenvalue weighted by atomic mass is 10.1. The van der Waals surface area contributed by atoms with E-state index in [1.165, 1.54) is 12.1 Å². The molecule has 1 aromatic heterocycles. The lowest BCUT2D eigenvalue weighted by Gasteiger charge is -2.03. The summed E-state index contributed by atoms with van der Waals surface area (Å²) in [6.07, 6.45) is 1.47. The van der Waals surface area contributed by atoms with Crippen LogP contribution >= 0.6 is 11.6 Å². The van der Waals surface area contributed by atoms with E-state index in [0.29, 0.717) is 5.56 Å². The number of carbonyl (C=O) groups excluding carboxylic acids is 1. The van der Waals surface area contributed by atoms with E-state index in [2.05, 4.69) is 4.98 Å². The van der Waals surface area contributed by atoms with Crippen molar-refractivity contribution in [2.75, 3.05) is 0 Å². The van der Waals surface area contributed by atoms with Crippen molar-refractivity contribution in [2.24, 2.45) is 0 Å². The molecule has 0 atom stereocenters. The fraction of sp³-hybridized carbons (Fsp3) is 0. The number of aromatic hydroxyl groups is 2. The molecular weight excluding hydrogens is 330 g/mol. The van der Waals surface area contributed by atoms with Gasteiger partial charge in [-0.25, -0.2) is 4.98 Å². The summed E-state index contributed by atoms with van der Waals surface area (Å²) in [6, 6.07) is 11.6. The van der Waals surface area contributed by atoms with E-state index >= 15 is 0 Å². The van der Waals surface area contributed by atoms with Gasteiger partial charge in [-0.2, -0.15) is 0 Å². The predicted molar refractivity (Wildman–Crippen MR) is 89.5 cm³/mol. The first-order valence-corrected chi connectivity index (χ1v) is 7.46. The summed E-state index contributed by atoms with van der Waals surface area (Å²) in [4.78, 5) is 16.7. The zero-order valence-electron chi connectivity index (χ0n) is 12.2. The van der Waals surface area contributed by atoms with E-state index in [-0.39, 0.29) is 33.7 Å². The number of ketones is 1. The molecule has 0 amide bonds. The number of hydrogen-bond donors (Lipinski definition) is 2. The number of pyridine rings is 1. The minimum atomic E-state index is -0.480. The maximum Gasteiger partial charge on any atom is 0.235 e. The number of Topliss-reactive ketones (excluding diaryl/α,β-unsaturated/α-hetero) is 1. The van der Waals surface area contributed by atoms with Gasteiger partial charge in [0.1, 0.15) is 28.0 Å². The number of fused-ring (bicyclic) bond motifs is 2. The minimum absolute atomic E-state index is 0.00452. The minimum Gasteiger partial charge on any atom is -0.508 e. The number of benzene rings is 2. The van der Waals surface area contributed by atoms with Crippen molar-refractivity contribution in [3.8, 4) is 17.2 Å². The van der Waals surface area contributed by atoms with Crippen molar-refractivity contribution >= 4 is 34.4 Å². The number of allylic oxidation sites excluding steroid dienone is 1. The second-order valence-corrected chi connectivity index (χ2v) is 5.70. The van der Waals surface area contributed by atoms with Crippen molar-refractivity contribution in [1.82, 2.24) is 4.98 Å². The van der Waals surface area contributed by atoms with Crippen LogP contribution in [0.5, 0.6) is 17.2 Å². The number of hydrogen-bond acceptors (Lipinski definition) is 5. The Morgan fingerprint density at radius 1 is 1.12 bits per heavy atom. The summed E-state index contributed by atoms with van der Waals surface area (Å²) in [5.41, 5.74) is 1.29. The second kappa shape index (κ2) is 5.25. The summed E-state index contributed by atoms with van der Waals surface area (Å²) in [7, 11) is 0. The van der Waals surface area contributed by atoms with E-state index in [1.807, 2.05) is 24.3 Å². The van der Waals surface area contributed by atoms with E-state index in [9.17, 15) is 15.0 Å². The smallest absolute Gasteiger partial charge is 0.235 e. The molecule has 0 fully saturated rings. The normalized spacial score (nSPS) is 14.9.